The number of aromatic nitrogens is 2. The number of aromatic hydroxyl groups is 1. The Balaban J connectivity index is 2.03. The predicted octanol–water partition coefficient (Wildman–Crippen LogP) is 2.09. The number of hydrogen-bond acceptors (Lipinski definition) is 3. The highest BCUT2D eigenvalue weighted by Crippen LogP contribution is 2.26. The third-order valence-electron chi connectivity index (χ3n) is 3.63. The molecule has 6 heteroatoms. The quantitative estimate of drug-likeness (QED) is 0.639. The number of H-pyrrole nitrogens is 1. The van der Waals surface area contributed by atoms with Gasteiger partial charge in [-0.05, 0) is 37.3 Å². The lowest BCUT2D eigenvalue weighted by Gasteiger charge is -2.03. The van der Waals surface area contributed by atoms with Crippen molar-refractivity contribution in [1.82, 2.24) is 9.78 Å². The number of aromatic amines is 1. The van der Waals surface area contributed by atoms with Crippen LogP contribution in [0, 0.1) is 6.92 Å². The van der Waals surface area contributed by atoms with Crippen molar-refractivity contribution in [3.05, 3.63) is 74.0 Å². The molecule has 0 saturated heterocycles. The molecule has 0 spiro atoms. The minimum Gasteiger partial charge on any atom is -0.506 e. The fraction of sp³-hybridized carbons (Fsp3) is 0.0556. The number of halogens is 1. The standard InChI is InChI=1S/C18H16ClN3O2/c1-11-3-6-14(7-4-11)22-18(24)15(12(2)21-22)10-20-16-9-13(19)5-8-17(16)23/h3-10,20-21,23H,2H2,1H3. The maximum Gasteiger partial charge on any atom is 0.280 e. The number of anilines is 1. The summed E-state index contributed by atoms with van der Waals surface area (Å²) in [5.74, 6) is 0.0376. The molecule has 2 aromatic carbocycles. The van der Waals surface area contributed by atoms with Crippen LogP contribution in [0.1, 0.15) is 5.56 Å². The molecule has 3 N–H and O–H groups in total. The van der Waals surface area contributed by atoms with Gasteiger partial charge in [0.25, 0.3) is 5.56 Å². The first-order valence-electron chi connectivity index (χ1n) is 7.28. The van der Waals surface area contributed by atoms with E-state index >= 15 is 0 Å². The lowest BCUT2D eigenvalue weighted by molar-refractivity contribution is 0.478. The summed E-state index contributed by atoms with van der Waals surface area (Å²) in [6.07, 6.45) is 1.50. The molecule has 0 aliphatic rings. The summed E-state index contributed by atoms with van der Waals surface area (Å²) in [6.45, 7) is 5.84. The third kappa shape index (κ3) is 3.07. The van der Waals surface area contributed by atoms with Crippen molar-refractivity contribution in [3.8, 4) is 11.4 Å². The largest absolute Gasteiger partial charge is 0.506 e. The first-order valence-corrected chi connectivity index (χ1v) is 7.66. The minimum absolute atomic E-state index is 0.0376. The molecule has 0 amide bonds. The van der Waals surface area contributed by atoms with E-state index in [4.69, 9.17) is 11.6 Å². The van der Waals surface area contributed by atoms with E-state index in [-0.39, 0.29) is 11.3 Å². The Bertz CT molecular complexity index is 1050. The van der Waals surface area contributed by atoms with Gasteiger partial charge in [0.1, 0.15) is 5.75 Å². The van der Waals surface area contributed by atoms with Crippen molar-refractivity contribution in [1.29, 1.82) is 0 Å². The number of nitrogens with zero attached hydrogens (tertiary/aromatic N) is 1. The molecule has 3 rings (SSSR count). The maximum atomic E-state index is 12.6. The summed E-state index contributed by atoms with van der Waals surface area (Å²) in [5, 5.41) is 17.0. The fourth-order valence-electron chi connectivity index (χ4n) is 2.29. The van der Waals surface area contributed by atoms with Crippen LogP contribution in [0.5, 0.6) is 5.75 Å². The topological polar surface area (TPSA) is 70.0 Å². The van der Waals surface area contributed by atoms with Crippen LogP contribution in [0.2, 0.25) is 5.02 Å². The number of hydrogen-bond donors (Lipinski definition) is 3. The van der Waals surface area contributed by atoms with Crippen molar-refractivity contribution in [2.75, 3.05) is 5.32 Å². The van der Waals surface area contributed by atoms with Gasteiger partial charge in [0.2, 0.25) is 0 Å². The molecule has 24 heavy (non-hydrogen) atoms. The average molecular weight is 342 g/mol. The zero-order chi connectivity index (χ0) is 17.3. The second kappa shape index (κ2) is 6.29. The molecule has 0 atom stereocenters. The van der Waals surface area contributed by atoms with Gasteiger partial charge in [-0.3, -0.25) is 9.89 Å². The van der Waals surface area contributed by atoms with Crippen molar-refractivity contribution in [2.24, 2.45) is 0 Å². The number of phenolic OH excluding ortho intramolecular Hbond substituents is 1. The summed E-state index contributed by atoms with van der Waals surface area (Å²) in [5.41, 5.74) is 2.00. The van der Waals surface area contributed by atoms with Gasteiger partial charge in [-0.25, -0.2) is 4.68 Å². The van der Waals surface area contributed by atoms with E-state index in [2.05, 4.69) is 17.0 Å². The van der Waals surface area contributed by atoms with Crippen molar-refractivity contribution >= 4 is 30.1 Å². The Kier molecular flexibility index (Phi) is 4.18. The molecule has 0 radical (unpaired) electrons. The number of rotatable bonds is 3. The highest BCUT2D eigenvalue weighted by atomic mass is 35.5. The molecule has 1 heterocycles. The Labute approximate surface area is 143 Å². The molecule has 0 aliphatic heterocycles. The summed E-state index contributed by atoms with van der Waals surface area (Å²) in [7, 11) is 0. The van der Waals surface area contributed by atoms with Crippen LogP contribution in [0.3, 0.4) is 0 Å². The van der Waals surface area contributed by atoms with E-state index in [0.29, 0.717) is 21.3 Å². The molecule has 0 saturated carbocycles. The Morgan fingerprint density at radius 3 is 2.67 bits per heavy atom. The van der Waals surface area contributed by atoms with Gasteiger partial charge < -0.3 is 10.4 Å². The maximum absolute atomic E-state index is 12.6. The van der Waals surface area contributed by atoms with E-state index < -0.39 is 0 Å². The summed E-state index contributed by atoms with van der Waals surface area (Å²) in [6, 6.07) is 12.2. The number of phenols is 1. The van der Waals surface area contributed by atoms with Crippen LogP contribution >= 0.6 is 11.6 Å². The van der Waals surface area contributed by atoms with Gasteiger partial charge in [-0.1, -0.05) is 35.9 Å². The molecule has 0 aliphatic carbocycles. The number of benzene rings is 2. The van der Waals surface area contributed by atoms with Gasteiger partial charge in [0, 0.05) is 11.2 Å². The zero-order valence-electron chi connectivity index (χ0n) is 13.0. The molecule has 3 aromatic rings. The van der Waals surface area contributed by atoms with E-state index in [1.165, 1.54) is 16.9 Å². The summed E-state index contributed by atoms with van der Waals surface area (Å²) in [4.78, 5) is 12.6. The molecule has 0 bridgehead atoms. The summed E-state index contributed by atoms with van der Waals surface area (Å²) >= 11 is 5.91. The van der Waals surface area contributed by atoms with Crippen LogP contribution in [0.15, 0.2) is 47.3 Å². The first kappa shape index (κ1) is 16.0. The number of nitrogens with one attached hydrogen (secondary N) is 2. The van der Waals surface area contributed by atoms with Gasteiger partial charge in [0.05, 0.1) is 21.9 Å². The van der Waals surface area contributed by atoms with Crippen molar-refractivity contribution < 1.29 is 5.11 Å². The van der Waals surface area contributed by atoms with Crippen LogP contribution < -0.4 is 21.4 Å². The highest BCUT2D eigenvalue weighted by Gasteiger charge is 2.05. The average Bonchev–Trinajstić information content (AvgIpc) is 2.84. The molecular weight excluding hydrogens is 326 g/mol. The molecule has 1 aromatic heterocycles. The molecule has 5 nitrogen and oxygen atoms in total. The van der Waals surface area contributed by atoms with E-state index in [9.17, 15) is 9.90 Å². The van der Waals surface area contributed by atoms with Gasteiger partial charge in [0.15, 0.2) is 0 Å². The Hall–Kier alpha value is -2.92. The van der Waals surface area contributed by atoms with E-state index in [0.717, 1.165) is 11.3 Å². The van der Waals surface area contributed by atoms with Gasteiger partial charge >= 0.3 is 0 Å². The Morgan fingerprint density at radius 2 is 1.96 bits per heavy atom. The summed E-state index contributed by atoms with van der Waals surface area (Å²) < 4.78 is 1.42. The van der Waals surface area contributed by atoms with E-state index in [1.54, 1.807) is 12.1 Å². The van der Waals surface area contributed by atoms with Crippen LogP contribution in [-0.2, 0) is 0 Å². The third-order valence-corrected chi connectivity index (χ3v) is 3.86. The Morgan fingerprint density at radius 1 is 1.25 bits per heavy atom. The molecule has 0 fully saturated rings. The van der Waals surface area contributed by atoms with Gasteiger partial charge in [-0.15, -0.1) is 0 Å². The minimum atomic E-state index is -0.238. The van der Waals surface area contributed by atoms with Crippen LogP contribution in [0.25, 0.3) is 18.5 Å². The second-order valence-corrected chi connectivity index (χ2v) is 5.87. The fourth-order valence-corrected chi connectivity index (χ4v) is 2.47. The molecule has 122 valence electrons. The lowest BCUT2D eigenvalue weighted by Crippen LogP contribution is -2.34. The SMILES string of the molecule is C=c1[nH]n(-c2ccc(C)cc2)c(=O)c1=CNc1cc(Cl)ccc1O. The second-order valence-electron chi connectivity index (χ2n) is 5.43. The normalized spacial score (nSPS) is 11.7. The van der Waals surface area contributed by atoms with Gasteiger partial charge in [-0.2, -0.15) is 0 Å². The van der Waals surface area contributed by atoms with Crippen molar-refractivity contribution in [2.45, 2.75) is 6.92 Å². The lowest BCUT2D eigenvalue weighted by atomic mass is 10.2. The molecular formula is C18H16ClN3O2. The smallest absolute Gasteiger partial charge is 0.280 e. The number of aryl methyl sites for hydroxylation is 1. The highest BCUT2D eigenvalue weighted by molar-refractivity contribution is 6.30. The van der Waals surface area contributed by atoms with E-state index in [1.807, 2.05) is 31.2 Å². The van der Waals surface area contributed by atoms with Crippen LogP contribution in [-0.4, -0.2) is 14.9 Å². The first-order chi connectivity index (χ1) is 11.5. The van der Waals surface area contributed by atoms with Crippen molar-refractivity contribution in [3.63, 3.8) is 0 Å². The molecule has 0 unspecified atom stereocenters. The monoisotopic (exact) mass is 341 g/mol. The zero-order valence-corrected chi connectivity index (χ0v) is 13.8. The van der Waals surface area contributed by atoms with Crippen LogP contribution in [0.4, 0.5) is 5.69 Å². The predicted molar refractivity (Wildman–Crippen MR) is 97.1 cm³/mol.